The second-order valence-electron chi connectivity index (χ2n) is 8.23. The summed E-state index contributed by atoms with van der Waals surface area (Å²) >= 11 is 0. The van der Waals surface area contributed by atoms with Gasteiger partial charge in [0.1, 0.15) is 0 Å². The number of nitrogens with zero attached hydrogens (tertiary/aromatic N) is 2. The highest BCUT2D eigenvalue weighted by molar-refractivity contribution is 5.77. The lowest BCUT2D eigenvalue weighted by Crippen LogP contribution is -2.38. The number of hydrogen-bond donors (Lipinski definition) is 0. The van der Waals surface area contributed by atoms with Crippen LogP contribution in [0.1, 0.15) is 56.9 Å². The van der Waals surface area contributed by atoms with Crippen molar-refractivity contribution >= 4 is 12.2 Å². The van der Waals surface area contributed by atoms with Gasteiger partial charge in [-0.1, -0.05) is 20.8 Å². The third-order valence-electron chi connectivity index (χ3n) is 5.29. The van der Waals surface area contributed by atoms with Gasteiger partial charge in [-0.3, -0.25) is 9.59 Å². The first-order valence-corrected chi connectivity index (χ1v) is 8.22. The van der Waals surface area contributed by atoms with E-state index in [0.717, 1.165) is 25.7 Å². The Morgan fingerprint density at radius 2 is 2.14 bits per heavy atom. The molecule has 0 N–H and O–H groups in total. The second-order valence-corrected chi connectivity index (χ2v) is 8.23. The molecular formula is C18H26N2O2. The molecule has 2 aliphatic rings. The van der Waals surface area contributed by atoms with Gasteiger partial charge in [0.2, 0.25) is 5.91 Å². The lowest BCUT2D eigenvalue weighted by molar-refractivity contribution is -0.132. The molecule has 1 saturated carbocycles. The average molecular weight is 302 g/mol. The van der Waals surface area contributed by atoms with Crippen molar-refractivity contribution in [2.24, 2.45) is 10.8 Å². The molecule has 1 saturated heterocycles. The van der Waals surface area contributed by atoms with E-state index < -0.39 is 0 Å². The summed E-state index contributed by atoms with van der Waals surface area (Å²) < 4.78 is 1.86. The van der Waals surface area contributed by atoms with Gasteiger partial charge in [0, 0.05) is 31.7 Å². The summed E-state index contributed by atoms with van der Waals surface area (Å²) in [4.78, 5) is 25.7. The van der Waals surface area contributed by atoms with Crippen molar-refractivity contribution in [3.05, 3.63) is 24.0 Å². The number of amides is 1. The second kappa shape index (κ2) is 5.25. The molecule has 2 unspecified atom stereocenters. The topological polar surface area (TPSA) is 42.3 Å². The molecule has 1 aliphatic carbocycles. The van der Waals surface area contributed by atoms with Gasteiger partial charge < -0.3 is 9.47 Å². The number of aldehydes is 1. The van der Waals surface area contributed by atoms with Gasteiger partial charge >= 0.3 is 0 Å². The zero-order chi connectivity index (χ0) is 16.0. The van der Waals surface area contributed by atoms with Crippen LogP contribution in [0, 0.1) is 10.8 Å². The Balaban J connectivity index is 1.65. The van der Waals surface area contributed by atoms with Crippen molar-refractivity contribution in [3.63, 3.8) is 0 Å². The molecule has 2 atom stereocenters. The van der Waals surface area contributed by atoms with Crippen LogP contribution in [0.3, 0.4) is 0 Å². The smallest absolute Gasteiger partial charge is 0.224 e. The zero-order valence-corrected chi connectivity index (χ0v) is 13.8. The van der Waals surface area contributed by atoms with Crippen LogP contribution in [0.5, 0.6) is 0 Å². The predicted molar refractivity (Wildman–Crippen MR) is 85.7 cm³/mol. The summed E-state index contributed by atoms with van der Waals surface area (Å²) in [6.45, 7) is 8.45. The van der Waals surface area contributed by atoms with E-state index in [0.29, 0.717) is 30.1 Å². The number of carbonyl (C=O) groups is 2. The average Bonchev–Trinajstić information content (AvgIpc) is 2.96. The molecule has 120 valence electrons. The molecule has 2 heterocycles. The summed E-state index contributed by atoms with van der Waals surface area (Å²) in [7, 11) is 0. The lowest BCUT2D eigenvalue weighted by atomic mass is 9.65. The molecular weight excluding hydrogens is 276 g/mol. The van der Waals surface area contributed by atoms with Gasteiger partial charge in [0.05, 0.1) is 5.69 Å². The number of carbonyl (C=O) groups excluding carboxylic acids is 2. The van der Waals surface area contributed by atoms with E-state index in [9.17, 15) is 9.59 Å². The fraction of sp³-hybridized carbons (Fsp3) is 0.667. The highest BCUT2D eigenvalue weighted by Gasteiger charge is 2.50. The number of aromatic nitrogens is 1. The fourth-order valence-corrected chi connectivity index (χ4v) is 4.85. The van der Waals surface area contributed by atoms with E-state index in [1.807, 2.05) is 16.8 Å². The highest BCUT2D eigenvalue weighted by atomic mass is 16.2. The van der Waals surface area contributed by atoms with Gasteiger partial charge in [0.25, 0.3) is 0 Å². The van der Waals surface area contributed by atoms with E-state index in [4.69, 9.17) is 0 Å². The predicted octanol–water partition coefficient (Wildman–Crippen LogP) is 3.12. The minimum atomic E-state index is 0.233. The van der Waals surface area contributed by atoms with E-state index in [1.165, 1.54) is 6.42 Å². The first-order chi connectivity index (χ1) is 10.3. The molecule has 2 bridgehead atoms. The Morgan fingerprint density at radius 3 is 2.86 bits per heavy atom. The van der Waals surface area contributed by atoms with Crippen molar-refractivity contribution in [1.29, 1.82) is 0 Å². The molecule has 1 amide bonds. The lowest BCUT2D eigenvalue weighted by Gasteiger charge is -2.39. The summed E-state index contributed by atoms with van der Waals surface area (Å²) in [5, 5.41) is 0. The molecule has 0 radical (unpaired) electrons. The van der Waals surface area contributed by atoms with Crippen LogP contribution in [0.2, 0.25) is 0 Å². The Bertz CT molecular complexity index is 590. The molecule has 22 heavy (non-hydrogen) atoms. The number of likely N-dealkylation sites (tertiary alicyclic amines) is 1. The van der Waals surface area contributed by atoms with Gasteiger partial charge in [-0.25, -0.2) is 0 Å². The largest absolute Gasteiger partial charge is 0.345 e. The van der Waals surface area contributed by atoms with Crippen molar-refractivity contribution in [2.45, 2.75) is 59.0 Å². The maximum Gasteiger partial charge on any atom is 0.224 e. The summed E-state index contributed by atoms with van der Waals surface area (Å²) in [5.74, 6) is 0.233. The highest BCUT2D eigenvalue weighted by Crippen LogP contribution is 2.52. The zero-order valence-electron chi connectivity index (χ0n) is 13.8. The number of hydrogen-bond acceptors (Lipinski definition) is 2. The third-order valence-corrected chi connectivity index (χ3v) is 5.29. The molecule has 0 aromatic carbocycles. The van der Waals surface area contributed by atoms with Gasteiger partial charge in [0.15, 0.2) is 6.29 Å². The van der Waals surface area contributed by atoms with Crippen LogP contribution in [-0.2, 0) is 11.3 Å². The minimum absolute atomic E-state index is 0.233. The number of fused-ring (bicyclic) bond motifs is 2. The minimum Gasteiger partial charge on any atom is -0.345 e. The maximum atomic E-state index is 12.7. The summed E-state index contributed by atoms with van der Waals surface area (Å²) in [6, 6.07) is 4.03. The SMILES string of the molecule is CC1(C)CC2CC(C)(CN2C(=O)CCn2cccc2C=O)C1. The molecule has 1 aromatic heterocycles. The quantitative estimate of drug-likeness (QED) is 0.802. The Hall–Kier alpha value is -1.58. The molecule has 4 heteroatoms. The van der Waals surface area contributed by atoms with Crippen LogP contribution in [0.4, 0.5) is 0 Å². The van der Waals surface area contributed by atoms with Crippen LogP contribution in [-0.4, -0.2) is 34.2 Å². The van der Waals surface area contributed by atoms with Crippen molar-refractivity contribution in [3.8, 4) is 0 Å². The van der Waals surface area contributed by atoms with Crippen LogP contribution < -0.4 is 0 Å². The van der Waals surface area contributed by atoms with Crippen LogP contribution in [0.25, 0.3) is 0 Å². The molecule has 2 fully saturated rings. The van der Waals surface area contributed by atoms with E-state index in [-0.39, 0.29) is 11.3 Å². The van der Waals surface area contributed by atoms with Gasteiger partial charge in [-0.15, -0.1) is 0 Å². The van der Waals surface area contributed by atoms with E-state index in [2.05, 4.69) is 25.7 Å². The Morgan fingerprint density at radius 1 is 1.36 bits per heavy atom. The van der Waals surface area contributed by atoms with Crippen molar-refractivity contribution in [2.75, 3.05) is 6.54 Å². The van der Waals surface area contributed by atoms with Gasteiger partial charge in [-0.05, 0) is 42.2 Å². The first-order valence-electron chi connectivity index (χ1n) is 8.22. The molecule has 1 aromatic rings. The van der Waals surface area contributed by atoms with Crippen molar-refractivity contribution in [1.82, 2.24) is 9.47 Å². The molecule has 0 spiro atoms. The summed E-state index contributed by atoms with van der Waals surface area (Å²) in [5.41, 5.74) is 1.25. The summed E-state index contributed by atoms with van der Waals surface area (Å²) in [6.07, 6.45) is 6.64. The fourth-order valence-electron chi connectivity index (χ4n) is 4.85. The van der Waals surface area contributed by atoms with E-state index in [1.54, 1.807) is 6.07 Å². The van der Waals surface area contributed by atoms with Crippen LogP contribution >= 0.6 is 0 Å². The maximum absolute atomic E-state index is 12.7. The third kappa shape index (κ3) is 2.83. The Kier molecular flexibility index (Phi) is 3.66. The number of rotatable bonds is 4. The normalized spacial score (nSPS) is 29.6. The first kappa shape index (κ1) is 15.3. The van der Waals surface area contributed by atoms with Gasteiger partial charge in [-0.2, -0.15) is 0 Å². The van der Waals surface area contributed by atoms with E-state index >= 15 is 0 Å². The molecule has 3 rings (SSSR count). The Labute approximate surface area is 132 Å². The molecule has 1 aliphatic heterocycles. The van der Waals surface area contributed by atoms with Crippen LogP contribution in [0.15, 0.2) is 18.3 Å². The van der Waals surface area contributed by atoms with Crippen molar-refractivity contribution < 1.29 is 9.59 Å². The standard InChI is InChI=1S/C18H26N2O2/c1-17(2)9-15-10-18(3,12-17)13-20(15)16(22)6-8-19-7-4-5-14(19)11-21/h4-5,7,11,15H,6,8-10,12-13H2,1-3H3. The molecule has 4 nitrogen and oxygen atoms in total. The number of aryl methyl sites for hydroxylation is 1. The monoisotopic (exact) mass is 302 g/mol.